The molecule has 5 aromatic rings. The van der Waals surface area contributed by atoms with Crippen LogP contribution in [0.25, 0.3) is 22.6 Å². The van der Waals surface area contributed by atoms with Gasteiger partial charge in [-0.1, -0.05) is 91.0 Å². The summed E-state index contributed by atoms with van der Waals surface area (Å²) in [5.41, 5.74) is 10.6. The highest BCUT2D eigenvalue weighted by molar-refractivity contribution is 5.97. The molecular formula is C36H33N5O2. The largest absolute Gasteiger partial charge is 0.419 e. The summed E-state index contributed by atoms with van der Waals surface area (Å²) in [6, 6.07) is 34.4. The number of nitrogens with zero attached hydrogens (tertiary/aromatic N) is 4. The number of aromatic nitrogens is 2. The Labute approximate surface area is 251 Å². The van der Waals surface area contributed by atoms with E-state index in [1.807, 2.05) is 111 Å². The Morgan fingerprint density at radius 2 is 1.63 bits per heavy atom. The molecule has 4 aromatic carbocycles. The molecule has 0 fully saturated rings. The fourth-order valence-corrected chi connectivity index (χ4v) is 5.15. The number of carbonyl (C=O) groups is 1. The lowest BCUT2D eigenvalue weighted by Crippen LogP contribution is -2.35. The van der Waals surface area contributed by atoms with Crippen molar-refractivity contribution in [3.63, 3.8) is 0 Å². The summed E-state index contributed by atoms with van der Waals surface area (Å²) in [5, 5.41) is 18.4. The number of allylic oxidation sites excluding steroid dienone is 1. The zero-order chi connectivity index (χ0) is 30.4. The van der Waals surface area contributed by atoms with Crippen molar-refractivity contribution < 1.29 is 9.21 Å². The third-order valence-corrected chi connectivity index (χ3v) is 7.37. The second-order valence-electron chi connectivity index (χ2n) is 10.7. The number of likely N-dealkylation sites (N-methyl/N-ethyl adjacent to an activating group) is 1. The summed E-state index contributed by atoms with van der Waals surface area (Å²) in [6.07, 6.45) is 4.43. The number of amides is 1. The molecule has 0 aliphatic heterocycles. The number of benzene rings is 4. The minimum absolute atomic E-state index is 0.197. The fourth-order valence-electron chi connectivity index (χ4n) is 5.15. The van der Waals surface area contributed by atoms with Gasteiger partial charge in [0.25, 0.3) is 5.91 Å². The van der Waals surface area contributed by atoms with Crippen LogP contribution in [0.15, 0.2) is 120 Å². The molecule has 1 aromatic heterocycles. The van der Waals surface area contributed by atoms with Crippen LogP contribution in [0.3, 0.4) is 0 Å². The number of carbonyl (C=O) groups excluding carboxylic acids is 1. The lowest BCUT2D eigenvalue weighted by molar-refractivity contribution is 0.0759. The van der Waals surface area contributed by atoms with Crippen LogP contribution in [0, 0.1) is 11.3 Å². The molecule has 0 aliphatic carbocycles. The SMILES string of the molecule is C/C=C\[C@@H](c1ccccc1)N(C)C(=O)c1cc(-c2nnc([C@](C)(N)Cc3ccccc3)o2)cc(-c2ccccc2C#N)c1. The second kappa shape index (κ2) is 12.7. The van der Waals surface area contributed by atoms with Crippen molar-refractivity contribution in [1.82, 2.24) is 15.1 Å². The molecule has 0 saturated heterocycles. The van der Waals surface area contributed by atoms with E-state index in [0.717, 1.165) is 11.1 Å². The number of hydrogen-bond donors (Lipinski definition) is 1. The van der Waals surface area contributed by atoms with Crippen LogP contribution in [-0.4, -0.2) is 28.1 Å². The van der Waals surface area contributed by atoms with Crippen molar-refractivity contribution in [2.24, 2.45) is 5.73 Å². The van der Waals surface area contributed by atoms with Crippen molar-refractivity contribution in [2.75, 3.05) is 7.05 Å². The molecule has 0 unspecified atom stereocenters. The lowest BCUT2D eigenvalue weighted by Gasteiger charge is -2.27. The number of nitrogens with two attached hydrogens (primary N) is 1. The molecule has 1 heterocycles. The summed E-state index contributed by atoms with van der Waals surface area (Å²) in [5.74, 6) is 0.328. The summed E-state index contributed by atoms with van der Waals surface area (Å²) in [4.78, 5) is 15.8. The van der Waals surface area contributed by atoms with Crippen molar-refractivity contribution >= 4 is 5.91 Å². The first-order valence-electron chi connectivity index (χ1n) is 14.1. The highest BCUT2D eigenvalue weighted by Gasteiger charge is 2.29. The maximum Gasteiger partial charge on any atom is 0.254 e. The van der Waals surface area contributed by atoms with Gasteiger partial charge in [-0.05, 0) is 66.8 Å². The molecule has 1 amide bonds. The molecule has 0 saturated carbocycles. The Morgan fingerprint density at radius 3 is 2.33 bits per heavy atom. The van der Waals surface area contributed by atoms with Crippen molar-refractivity contribution in [3.8, 4) is 28.7 Å². The molecule has 214 valence electrons. The van der Waals surface area contributed by atoms with E-state index in [4.69, 9.17) is 10.2 Å². The molecule has 0 radical (unpaired) electrons. The molecule has 0 bridgehead atoms. The maximum absolute atomic E-state index is 14.1. The third kappa shape index (κ3) is 6.45. The number of nitriles is 1. The molecule has 2 atom stereocenters. The average molecular weight is 568 g/mol. The van der Waals surface area contributed by atoms with E-state index in [1.165, 1.54) is 0 Å². The third-order valence-electron chi connectivity index (χ3n) is 7.37. The van der Waals surface area contributed by atoms with Gasteiger partial charge >= 0.3 is 0 Å². The van der Waals surface area contributed by atoms with Gasteiger partial charge in [-0.15, -0.1) is 10.2 Å². The van der Waals surface area contributed by atoms with Gasteiger partial charge in [0, 0.05) is 18.2 Å². The van der Waals surface area contributed by atoms with Crippen LogP contribution in [0.4, 0.5) is 0 Å². The van der Waals surface area contributed by atoms with E-state index in [2.05, 4.69) is 16.3 Å². The van der Waals surface area contributed by atoms with Gasteiger partial charge in [0.1, 0.15) is 0 Å². The lowest BCUT2D eigenvalue weighted by atomic mass is 9.94. The molecule has 5 rings (SSSR count). The Hall–Kier alpha value is -5.32. The van der Waals surface area contributed by atoms with Crippen LogP contribution in [0.1, 0.15) is 52.8 Å². The normalized spacial score (nSPS) is 13.3. The van der Waals surface area contributed by atoms with Gasteiger partial charge in [0.15, 0.2) is 0 Å². The first kappa shape index (κ1) is 29.2. The van der Waals surface area contributed by atoms with E-state index in [1.54, 1.807) is 30.1 Å². The summed E-state index contributed by atoms with van der Waals surface area (Å²) in [7, 11) is 1.78. The molecule has 43 heavy (non-hydrogen) atoms. The van der Waals surface area contributed by atoms with Gasteiger partial charge in [-0.3, -0.25) is 4.79 Å². The molecule has 0 spiro atoms. The fraction of sp³-hybridized carbons (Fsp3) is 0.167. The van der Waals surface area contributed by atoms with E-state index in [0.29, 0.717) is 34.2 Å². The summed E-state index contributed by atoms with van der Waals surface area (Å²) < 4.78 is 6.16. The van der Waals surface area contributed by atoms with Gasteiger partial charge in [0.2, 0.25) is 11.8 Å². The summed E-state index contributed by atoms with van der Waals surface area (Å²) in [6.45, 7) is 3.79. The molecule has 7 nitrogen and oxygen atoms in total. The van der Waals surface area contributed by atoms with Crippen LogP contribution in [0.2, 0.25) is 0 Å². The Kier molecular flexibility index (Phi) is 8.61. The maximum atomic E-state index is 14.1. The van der Waals surface area contributed by atoms with Crippen LogP contribution in [-0.2, 0) is 12.0 Å². The number of hydrogen-bond acceptors (Lipinski definition) is 6. The molecule has 2 N–H and O–H groups in total. The topological polar surface area (TPSA) is 109 Å². The van der Waals surface area contributed by atoms with Crippen LogP contribution < -0.4 is 5.73 Å². The predicted octanol–water partition coefficient (Wildman–Crippen LogP) is 7.08. The first-order valence-corrected chi connectivity index (χ1v) is 14.1. The van der Waals surface area contributed by atoms with Crippen molar-refractivity contribution in [1.29, 1.82) is 5.26 Å². The van der Waals surface area contributed by atoms with E-state index >= 15 is 0 Å². The highest BCUT2D eigenvalue weighted by atomic mass is 16.4. The zero-order valence-electron chi connectivity index (χ0n) is 24.4. The Morgan fingerprint density at radius 1 is 0.977 bits per heavy atom. The average Bonchev–Trinajstić information content (AvgIpc) is 3.55. The van der Waals surface area contributed by atoms with Crippen LogP contribution >= 0.6 is 0 Å². The minimum Gasteiger partial charge on any atom is -0.419 e. The Bertz CT molecular complexity index is 1790. The smallest absolute Gasteiger partial charge is 0.254 e. The van der Waals surface area contributed by atoms with E-state index < -0.39 is 5.54 Å². The van der Waals surface area contributed by atoms with Gasteiger partial charge in [-0.2, -0.15) is 5.26 Å². The van der Waals surface area contributed by atoms with Crippen LogP contribution in [0.5, 0.6) is 0 Å². The quantitative estimate of drug-likeness (QED) is 0.191. The second-order valence-corrected chi connectivity index (χ2v) is 10.7. The van der Waals surface area contributed by atoms with E-state index in [-0.39, 0.29) is 23.7 Å². The van der Waals surface area contributed by atoms with Gasteiger partial charge in [-0.25, -0.2) is 0 Å². The monoisotopic (exact) mass is 567 g/mol. The van der Waals surface area contributed by atoms with Gasteiger partial charge < -0.3 is 15.1 Å². The summed E-state index contributed by atoms with van der Waals surface area (Å²) >= 11 is 0. The van der Waals surface area contributed by atoms with Crippen molar-refractivity contribution in [2.45, 2.75) is 31.8 Å². The van der Waals surface area contributed by atoms with Gasteiger partial charge in [0.05, 0.1) is 23.2 Å². The molecule has 0 aliphatic rings. The highest BCUT2D eigenvalue weighted by Crippen LogP contribution is 2.33. The standard InChI is InChI=1S/C36H33N5O2/c1-4-13-32(26-16-9-6-10-17-26)41(3)34(42)30-21-28(31-19-12-11-18-27(31)24-37)20-29(22-30)33-39-40-35(43-33)36(2,38)23-25-14-7-5-8-15-25/h4-22,32H,23,38H2,1-3H3/b13-4-/t32-,36+/m0/s1. The van der Waals surface area contributed by atoms with E-state index in [9.17, 15) is 10.1 Å². The zero-order valence-corrected chi connectivity index (χ0v) is 24.4. The van der Waals surface area contributed by atoms with Crippen molar-refractivity contribution in [3.05, 3.63) is 143 Å². The molecule has 7 heteroatoms. The molecular weight excluding hydrogens is 534 g/mol. The predicted molar refractivity (Wildman–Crippen MR) is 168 cm³/mol. The number of rotatable bonds is 9. The minimum atomic E-state index is -0.911. The Balaban J connectivity index is 1.57. The first-order chi connectivity index (χ1) is 20.8.